The molecule has 2 aliphatic rings. The second-order valence-corrected chi connectivity index (χ2v) is 12.8. The number of methoxy groups -OCH3 is 1. The molecule has 2 aliphatic heterocycles. The van der Waals surface area contributed by atoms with E-state index in [1.165, 1.54) is 36.4 Å². The molecule has 0 spiro atoms. The number of nitrogens with zero attached hydrogens (tertiary/aromatic N) is 2. The number of nitrogens with one attached hydrogen (secondary N) is 1. The van der Waals surface area contributed by atoms with Crippen LogP contribution in [-0.2, 0) is 20.2 Å². The first-order valence-electron chi connectivity index (χ1n) is 13.2. The summed E-state index contributed by atoms with van der Waals surface area (Å²) in [5.74, 6) is 0.486. The first-order chi connectivity index (χ1) is 18.6. The number of carbonyl (C=O) groups is 1. The van der Waals surface area contributed by atoms with Crippen LogP contribution in [0.1, 0.15) is 39.2 Å². The van der Waals surface area contributed by atoms with E-state index in [9.17, 15) is 13.2 Å². The van der Waals surface area contributed by atoms with E-state index in [4.69, 9.17) is 9.47 Å². The zero-order valence-corrected chi connectivity index (χ0v) is 23.6. The van der Waals surface area contributed by atoms with Crippen molar-refractivity contribution in [2.45, 2.75) is 50.0 Å². The summed E-state index contributed by atoms with van der Waals surface area (Å²) in [5.41, 5.74) is 2.92. The van der Waals surface area contributed by atoms with E-state index in [0.29, 0.717) is 22.9 Å². The van der Waals surface area contributed by atoms with Gasteiger partial charge in [-0.2, -0.15) is 0 Å². The van der Waals surface area contributed by atoms with Crippen LogP contribution in [0.3, 0.4) is 0 Å². The number of amides is 1. The summed E-state index contributed by atoms with van der Waals surface area (Å²) in [5, 5.41) is 2.90. The highest BCUT2D eigenvalue weighted by Gasteiger charge is 2.38. The summed E-state index contributed by atoms with van der Waals surface area (Å²) in [6, 6.07) is 19.4. The lowest BCUT2D eigenvalue weighted by atomic mass is 9.86. The molecular formula is C30H35N3O5S. The van der Waals surface area contributed by atoms with Crippen LogP contribution < -0.4 is 24.0 Å². The summed E-state index contributed by atoms with van der Waals surface area (Å²) >= 11 is 0. The van der Waals surface area contributed by atoms with Crippen molar-refractivity contribution in [3.05, 3.63) is 72.3 Å². The monoisotopic (exact) mass is 549 g/mol. The molecule has 0 aliphatic carbocycles. The lowest BCUT2D eigenvalue weighted by Crippen LogP contribution is -2.49. The van der Waals surface area contributed by atoms with E-state index < -0.39 is 22.0 Å². The Morgan fingerprint density at radius 1 is 0.974 bits per heavy atom. The standard InChI is InChI=1S/C30H35N3O5S/c1-30(2,3)21-7-16-27-26(19-21)33(39(35,36)25-14-12-24(37-4)13-15-25)20-28(38-27)29(34)31-22-8-10-23(11-9-22)32-17-5-6-18-32/h7-16,19,28H,5-6,17-18,20H2,1-4H3,(H,31,34). The topological polar surface area (TPSA) is 88.2 Å². The molecule has 1 amide bonds. The molecule has 3 aromatic carbocycles. The van der Waals surface area contributed by atoms with E-state index >= 15 is 0 Å². The molecule has 5 rings (SSSR count). The van der Waals surface area contributed by atoms with Crippen LogP contribution in [0.5, 0.6) is 11.5 Å². The molecule has 1 unspecified atom stereocenters. The molecule has 3 aromatic rings. The molecule has 8 nitrogen and oxygen atoms in total. The third-order valence-electron chi connectivity index (χ3n) is 7.24. The lowest BCUT2D eigenvalue weighted by Gasteiger charge is -2.36. The zero-order chi connectivity index (χ0) is 27.8. The van der Waals surface area contributed by atoms with Crippen molar-refractivity contribution >= 4 is 33.0 Å². The van der Waals surface area contributed by atoms with Crippen molar-refractivity contribution in [2.24, 2.45) is 0 Å². The highest BCUT2D eigenvalue weighted by molar-refractivity contribution is 7.92. The van der Waals surface area contributed by atoms with Gasteiger partial charge >= 0.3 is 0 Å². The smallest absolute Gasteiger partial charge is 0.267 e. The Morgan fingerprint density at radius 3 is 2.26 bits per heavy atom. The number of hydrogen-bond donors (Lipinski definition) is 1. The Bertz CT molecular complexity index is 1440. The van der Waals surface area contributed by atoms with Crippen molar-refractivity contribution in [1.82, 2.24) is 0 Å². The number of anilines is 3. The first-order valence-corrected chi connectivity index (χ1v) is 14.6. The van der Waals surface area contributed by atoms with Crippen LogP contribution in [0.15, 0.2) is 71.6 Å². The van der Waals surface area contributed by atoms with Gasteiger partial charge in [-0.05, 0) is 84.5 Å². The lowest BCUT2D eigenvalue weighted by molar-refractivity contribution is -0.122. The van der Waals surface area contributed by atoms with Gasteiger partial charge in [0.2, 0.25) is 0 Å². The van der Waals surface area contributed by atoms with Crippen molar-refractivity contribution in [3.8, 4) is 11.5 Å². The number of hydrogen-bond acceptors (Lipinski definition) is 6. The number of benzene rings is 3. The van der Waals surface area contributed by atoms with Gasteiger partial charge in [0.1, 0.15) is 11.5 Å². The Kier molecular flexibility index (Phi) is 7.20. The molecule has 0 saturated carbocycles. The fourth-order valence-electron chi connectivity index (χ4n) is 4.91. The van der Waals surface area contributed by atoms with Gasteiger partial charge in [-0.1, -0.05) is 26.8 Å². The second kappa shape index (κ2) is 10.4. The van der Waals surface area contributed by atoms with Crippen molar-refractivity contribution in [1.29, 1.82) is 0 Å². The van der Waals surface area contributed by atoms with Crippen molar-refractivity contribution in [3.63, 3.8) is 0 Å². The number of sulfonamides is 1. The maximum Gasteiger partial charge on any atom is 0.267 e. The van der Waals surface area contributed by atoms with E-state index in [0.717, 1.165) is 24.3 Å². The zero-order valence-electron chi connectivity index (χ0n) is 22.8. The number of ether oxygens (including phenoxy) is 2. The van der Waals surface area contributed by atoms with Crippen LogP contribution in [0.25, 0.3) is 0 Å². The molecular weight excluding hydrogens is 514 g/mol. The number of carbonyl (C=O) groups excluding carboxylic acids is 1. The minimum Gasteiger partial charge on any atom is -0.497 e. The average molecular weight is 550 g/mol. The molecule has 9 heteroatoms. The summed E-state index contributed by atoms with van der Waals surface area (Å²) in [6.45, 7) is 8.10. The van der Waals surface area contributed by atoms with Crippen molar-refractivity contribution in [2.75, 3.05) is 41.3 Å². The number of fused-ring (bicyclic) bond motifs is 1. The largest absolute Gasteiger partial charge is 0.497 e. The van der Waals surface area contributed by atoms with Gasteiger partial charge in [0.25, 0.3) is 15.9 Å². The van der Waals surface area contributed by atoms with Gasteiger partial charge in [0.05, 0.1) is 24.2 Å². The minimum atomic E-state index is -4.00. The predicted molar refractivity (Wildman–Crippen MR) is 154 cm³/mol. The Balaban J connectivity index is 1.44. The molecule has 39 heavy (non-hydrogen) atoms. The average Bonchev–Trinajstić information content (AvgIpc) is 3.47. The van der Waals surface area contributed by atoms with Gasteiger partial charge < -0.3 is 19.7 Å². The fourth-order valence-corrected chi connectivity index (χ4v) is 6.38. The van der Waals surface area contributed by atoms with Crippen LogP contribution in [0.4, 0.5) is 17.1 Å². The van der Waals surface area contributed by atoms with Gasteiger partial charge in [0, 0.05) is 24.5 Å². The first kappa shape index (κ1) is 26.9. The normalized spacial score (nSPS) is 17.4. The predicted octanol–water partition coefficient (Wildman–Crippen LogP) is 5.19. The maximum atomic E-state index is 13.9. The SMILES string of the molecule is COc1ccc(S(=O)(=O)N2CC(C(=O)Nc3ccc(N4CCCC4)cc3)Oc3ccc(C(C)(C)C)cc32)cc1. The molecule has 1 atom stereocenters. The van der Waals surface area contributed by atoms with Gasteiger partial charge in [0.15, 0.2) is 6.10 Å². The van der Waals surface area contributed by atoms with E-state index in [1.54, 1.807) is 18.2 Å². The molecule has 0 aromatic heterocycles. The van der Waals surface area contributed by atoms with Gasteiger partial charge in [-0.3, -0.25) is 9.10 Å². The second-order valence-electron chi connectivity index (χ2n) is 11.0. The maximum absolute atomic E-state index is 13.9. The Hall–Kier alpha value is -3.72. The Labute approximate surface area is 230 Å². The van der Waals surface area contributed by atoms with E-state index in [1.807, 2.05) is 36.4 Å². The van der Waals surface area contributed by atoms with Crippen molar-refractivity contribution < 1.29 is 22.7 Å². The molecule has 1 fully saturated rings. The van der Waals surface area contributed by atoms with Crippen LogP contribution in [-0.4, -0.2) is 47.2 Å². The minimum absolute atomic E-state index is 0.106. The highest BCUT2D eigenvalue weighted by Crippen LogP contribution is 2.40. The van der Waals surface area contributed by atoms with Gasteiger partial charge in [-0.25, -0.2) is 8.42 Å². The third kappa shape index (κ3) is 5.54. The van der Waals surface area contributed by atoms with E-state index in [2.05, 4.69) is 31.0 Å². The van der Waals surface area contributed by atoms with E-state index in [-0.39, 0.29) is 16.9 Å². The summed E-state index contributed by atoms with van der Waals surface area (Å²) in [4.78, 5) is 15.8. The molecule has 206 valence electrons. The fraction of sp³-hybridized carbons (Fsp3) is 0.367. The summed E-state index contributed by atoms with van der Waals surface area (Å²) < 4.78 is 40.4. The molecule has 0 radical (unpaired) electrons. The molecule has 2 heterocycles. The third-order valence-corrected chi connectivity index (χ3v) is 9.03. The van der Waals surface area contributed by atoms with Crippen LogP contribution in [0.2, 0.25) is 0 Å². The highest BCUT2D eigenvalue weighted by atomic mass is 32.2. The number of rotatable bonds is 6. The molecule has 1 N–H and O–H groups in total. The van der Waals surface area contributed by atoms with Gasteiger partial charge in [-0.15, -0.1) is 0 Å². The summed E-state index contributed by atoms with van der Waals surface area (Å²) in [7, 11) is -2.48. The Morgan fingerprint density at radius 2 is 1.64 bits per heavy atom. The quantitative estimate of drug-likeness (QED) is 0.456. The van der Waals surface area contributed by atoms with Crippen LogP contribution >= 0.6 is 0 Å². The van der Waals surface area contributed by atoms with Crippen LogP contribution in [0, 0.1) is 0 Å². The summed E-state index contributed by atoms with van der Waals surface area (Å²) in [6.07, 6.45) is 1.34. The molecule has 0 bridgehead atoms. The molecule has 1 saturated heterocycles.